The van der Waals surface area contributed by atoms with E-state index in [-0.39, 0.29) is 0 Å². The van der Waals surface area contributed by atoms with Gasteiger partial charge in [-0.05, 0) is 91.9 Å². The molecule has 0 amide bonds. The molecule has 1 aromatic carbocycles. The standard InChI is InChI=1S/C9H9I3/c1-2-3-6-4-7(10)5-8(11)9(6)12/h4-5H,2-3H2,1H3. The number of benzene rings is 1. The SMILES string of the molecule is CCCc1cc(I)cc(I)c1I. The Labute approximate surface area is 114 Å². The third-order valence-electron chi connectivity index (χ3n) is 1.59. The minimum Gasteiger partial charge on any atom is -0.0651 e. The van der Waals surface area contributed by atoms with E-state index in [9.17, 15) is 0 Å². The molecule has 1 rings (SSSR count). The van der Waals surface area contributed by atoms with Crippen molar-refractivity contribution in [2.75, 3.05) is 0 Å². The van der Waals surface area contributed by atoms with E-state index in [1.54, 1.807) is 0 Å². The number of aryl methyl sites for hydroxylation is 1. The first kappa shape index (κ1) is 11.5. The monoisotopic (exact) mass is 498 g/mol. The zero-order valence-corrected chi connectivity index (χ0v) is 13.2. The van der Waals surface area contributed by atoms with Crippen molar-refractivity contribution in [2.24, 2.45) is 0 Å². The summed E-state index contributed by atoms with van der Waals surface area (Å²) in [5.74, 6) is 0. The fourth-order valence-corrected chi connectivity index (χ4v) is 3.61. The second-order valence-electron chi connectivity index (χ2n) is 2.61. The van der Waals surface area contributed by atoms with Crippen LogP contribution >= 0.6 is 67.8 Å². The highest BCUT2D eigenvalue weighted by Crippen LogP contribution is 2.23. The molecule has 3 heteroatoms. The summed E-state index contributed by atoms with van der Waals surface area (Å²) in [4.78, 5) is 0. The van der Waals surface area contributed by atoms with Gasteiger partial charge >= 0.3 is 0 Å². The van der Waals surface area contributed by atoms with Gasteiger partial charge in [-0.1, -0.05) is 13.3 Å². The molecule has 0 radical (unpaired) electrons. The van der Waals surface area contributed by atoms with Crippen LogP contribution in [0.2, 0.25) is 0 Å². The largest absolute Gasteiger partial charge is 0.0651 e. The van der Waals surface area contributed by atoms with Gasteiger partial charge in [0.25, 0.3) is 0 Å². The van der Waals surface area contributed by atoms with Crippen LogP contribution in [0.25, 0.3) is 0 Å². The Kier molecular flexibility index (Phi) is 5.10. The topological polar surface area (TPSA) is 0 Å². The Morgan fingerprint density at radius 3 is 2.42 bits per heavy atom. The lowest BCUT2D eigenvalue weighted by atomic mass is 10.1. The number of hydrogen-bond acceptors (Lipinski definition) is 0. The first-order valence-electron chi connectivity index (χ1n) is 3.78. The molecule has 0 heterocycles. The van der Waals surface area contributed by atoms with E-state index in [0.717, 1.165) is 0 Å². The molecule has 0 aliphatic rings. The van der Waals surface area contributed by atoms with Gasteiger partial charge in [0.2, 0.25) is 0 Å². The molecule has 0 atom stereocenters. The Bertz CT molecular complexity index is 281. The lowest BCUT2D eigenvalue weighted by molar-refractivity contribution is 0.914. The summed E-state index contributed by atoms with van der Waals surface area (Å²) in [6.45, 7) is 2.23. The molecule has 0 aliphatic heterocycles. The van der Waals surface area contributed by atoms with E-state index < -0.39 is 0 Å². The molecule has 0 N–H and O–H groups in total. The quantitative estimate of drug-likeness (QED) is 0.418. The van der Waals surface area contributed by atoms with Gasteiger partial charge in [0, 0.05) is 10.7 Å². The predicted molar refractivity (Wildman–Crippen MR) is 78.6 cm³/mol. The maximum Gasteiger partial charge on any atom is 0.0296 e. The van der Waals surface area contributed by atoms with E-state index in [0.29, 0.717) is 0 Å². The van der Waals surface area contributed by atoms with Crippen LogP contribution in [0.4, 0.5) is 0 Å². The molecule has 1 aromatic rings. The molecule has 0 spiro atoms. The zero-order chi connectivity index (χ0) is 9.14. The summed E-state index contributed by atoms with van der Waals surface area (Å²) in [5, 5.41) is 0. The highest BCUT2D eigenvalue weighted by atomic mass is 127. The Balaban J connectivity index is 3.09. The third kappa shape index (κ3) is 2.97. The van der Waals surface area contributed by atoms with Gasteiger partial charge in [-0.25, -0.2) is 0 Å². The summed E-state index contributed by atoms with van der Waals surface area (Å²) in [6, 6.07) is 4.51. The summed E-state index contributed by atoms with van der Waals surface area (Å²) in [5.41, 5.74) is 1.49. The van der Waals surface area contributed by atoms with E-state index in [1.807, 2.05) is 0 Å². The molecule has 0 nitrogen and oxygen atoms in total. The van der Waals surface area contributed by atoms with Gasteiger partial charge in [0.1, 0.15) is 0 Å². The van der Waals surface area contributed by atoms with Gasteiger partial charge in [-0.2, -0.15) is 0 Å². The van der Waals surface area contributed by atoms with Crippen LogP contribution < -0.4 is 0 Å². The first-order valence-corrected chi connectivity index (χ1v) is 7.02. The molecular formula is C9H9I3. The summed E-state index contributed by atoms with van der Waals surface area (Å²) < 4.78 is 4.15. The normalized spacial score (nSPS) is 10.3. The van der Waals surface area contributed by atoms with Crippen molar-refractivity contribution in [3.05, 3.63) is 28.4 Å². The predicted octanol–water partition coefficient (Wildman–Crippen LogP) is 4.45. The molecule has 0 aliphatic carbocycles. The minimum absolute atomic E-state index is 1.20. The number of hydrogen-bond donors (Lipinski definition) is 0. The van der Waals surface area contributed by atoms with Crippen molar-refractivity contribution in [3.63, 3.8) is 0 Å². The fourth-order valence-electron chi connectivity index (χ4n) is 1.06. The molecule has 66 valence electrons. The maximum absolute atomic E-state index is 2.43. The molecular weight excluding hydrogens is 489 g/mol. The van der Waals surface area contributed by atoms with E-state index >= 15 is 0 Å². The molecule has 0 saturated carbocycles. The van der Waals surface area contributed by atoms with E-state index in [1.165, 1.54) is 29.1 Å². The maximum atomic E-state index is 2.43. The van der Waals surface area contributed by atoms with Gasteiger partial charge in [0.15, 0.2) is 0 Å². The van der Waals surface area contributed by atoms with Crippen molar-refractivity contribution < 1.29 is 0 Å². The smallest absolute Gasteiger partial charge is 0.0296 e. The second-order valence-corrected chi connectivity index (χ2v) is 6.10. The van der Waals surface area contributed by atoms with Crippen molar-refractivity contribution >= 4 is 67.8 Å². The van der Waals surface area contributed by atoms with E-state index in [2.05, 4.69) is 86.8 Å². The highest BCUT2D eigenvalue weighted by molar-refractivity contribution is 14.1. The molecule has 0 bridgehead atoms. The molecule has 0 fully saturated rings. The molecule has 0 saturated heterocycles. The fraction of sp³-hybridized carbons (Fsp3) is 0.333. The molecule has 0 aromatic heterocycles. The van der Waals surface area contributed by atoms with Crippen LogP contribution in [0.1, 0.15) is 18.9 Å². The van der Waals surface area contributed by atoms with Crippen LogP contribution in [-0.2, 0) is 6.42 Å². The zero-order valence-electron chi connectivity index (χ0n) is 6.70. The van der Waals surface area contributed by atoms with Gasteiger partial charge in [0.05, 0.1) is 0 Å². The van der Waals surface area contributed by atoms with Crippen molar-refractivity contribution in [2.45, 2.75) is 19.8 Å². The summed E-state index contributed by atoms with van der Waals surface area (Å²) in [6.07, 6.45) is 2.43. The molecule has 0 unspecified atom stereocenters. The lowest BCUT2D eigenvalue weighted by Crippen LogP contribution is -1.92. The summed E-state index contributed by atoms with van der Waals surface area (Å²) >= 11 is 7.22. The van der Waals surface area contributed by atoms with Crippen LogP contribution in [0.3, 0.4) is 0 Å². The highest BCUT2D eigenvalue weighted by Gasteiger charge is 2.04. The number of rotatable bonds is 2. The first-order chi connectivity index (χ1) is 5.65. The van der Waals surface area contributed by atoms with Gasteiger partial charge < -0.3 is 0 Å². The lowest BCUT2D eigenvalue weighted by Gasteiger charge is -2.05. The van der Waals surface area contributed by atoms with Crippen molar-refractivity contribution in [1.82, 2.24) is 0 Å². The van der Waals surface area contributed by atoms with Gasteiger partial charge in [-0.15, -0.1) is 0 Å². The van der Waals surface area contributed by atoms with Crippen molar-refractivity contribution in [1.29, 1.82) is 0 Å². The van der Waals surface area contributed by atoms with Gasteiger partial charge in [-0.3, -0.25) is 0 Å². The summed E-state index contributed by atoms with van der Waals surface area (Å²) in [7, 11) is 0. The van der Waals surface area contributed by atoms with E-state index in [4.69, 9.17) is 0 Å². The Morgan fingerprint density at radius 1 is 1.17 bits per heavy atom. The minimum atomic E-state index is 1.20. The van der Waals surface area contributed by atoms with Crippen LogP contribution in [0.5, 0.6) is 0 Å². The average Bonchev–Trinajstić information content (AvgIpc) is 2.00. The third-order valence-corrected chi connectivity index (χ3v) is 5.37. The van der Waals surface area contributed by atoms with Crippen LogP contribution in [0.15, 0.2) is 12.1 Å². The number of halogens is 3. The Hall–Kier alpha value is 1.41. The molecule has 12 heavy (non-hydrogen) atoms. The van der Waals surface area contributed by atoms with Crippen molar-refractivity contribution in [3.8, 4) is 0 Å². The Morgan fingerprint density at radius 2 is 1.83 bits per heavy atom. The second kappa shape index (κ2) is 5.33. The average molecular weight is 498 g/mol. The van der Waals surface area contributed by atoms with Crippen LogP contribution in [0, 0.1) is 10.7 Å². The van der Waals surface area contributed by atoms with Crippen LogP contribution in [-0.4, -0.2) is 0 Å².